The molecule has 2 rings (SSSR count). The lowest BCUT2D eigenvalue weighted by Gasteiger charge is -2.30. The Morgan fingerprint density at radius 3 is 2.48 bits per heavy atom. The lowest BCUT2D eigenvalue weighted by atomic mass is 9.91. The van der Waals surface area contributed by atoms with Gasteiger partial charge in [0.25, 0.3) is 0 Å². The second-order valence-corrected chi connectivity index (χ2v) is 7.64. The van der Waals surface area contributed by atoms with Gasteiger partial charge in [0.05, 0.1) is 0 Å². The molecule has 0 saturated heterocycles. The summed E-state index contributed by atoms with van der Waals surface area (Å²) in [6.07, 6.45) is 3.76. The van der Waals surface area contributed by atoms with Crippen LogP contribution in [-0.4, -0.2) is 23.8 Å². The Kier molecular flexibility index (Phi) is 6.31. The SMILES string of the molecule is CC(C)(C)OC(=O)NC1CCC(NCc2cccc(Cl)c2)CC1. The van der Waals surface area contributed by atoms with Gasteiger partial charge in [-0.2, -0.15) is 0 Å². The van der Waals surface area contributed by atoms with Gasteiger partial charge in [-0.25, -0.2) is 4.79 Å². The number of ether oxygens (including phenoxy) is 1. The molecular formula is C18H27ClN2O2. The molecule has 0 spiro atoms. The van der Waals surface area contributed by atoms with Crippen molar-refractivity contribution >= 4 is 17.7 Å². The summed E-state index contributed by atoms with van der Waals surface area (Å²) < 4.78 is 5.31. The van der Waals surface area contributed by atoms with Crippen molar-refractivity contribution in [3.63, 3.8) is 0 Å². The van der Waals surface area contributed by atoms with E-state index in [2.05, 4.69) is 16.7 Å². The van der Waals surface area contributed by atoms with Crippen molar-refractivity contribution in [2.24, 2.45) is 0 Å². The number of nitrogens with one attached hydrogen (secondary N) is 2. The molecule has 2 N–H and O–H groups in total. The van der Waals surface area contributed by atoms with E-state index in [0.29, 0.717) is 6.04 Å². The van der Waals surface area contributed by atoms with Crippen LogP contribution in [0, 0.1) is 0 Å². The molecule has 0 unspecified atom stereocenters. The number of carbonyl (C=O) groups is 1. The van der Waals surface area contributed by atoms with Crippen LogP contribution in [0.5, 0.6) is 0 Å². The quantitative estimate of drug-likeness (QED) is 0.862. The largest absolute Gasteiger partial charge is 0.444 e. The minimum absolute atomic E-state index is 0.217. The molecular weight excluding hydrogens is 312 g/mol. The Balaban J connectivity index is 1.69. The molecule has 1 amide bonds. The van der Waals surface area contributed by atoms with E-state index >= 15 is 0 Å². The maximum absolute atomic E-state index is 11.8. The molecule has 0 heterocycles. The number of carbonyl (C=O) groups excluding carboxylic acids is 1. The zero-order valence-electron chi connectivity index (χ0n) is 14.2. The van der Waals surface area contributed by atoms with Crippen molar-refractivity contribution in [1.29, 1.82) is 0 Å². The zero-order valence-corrected chi connectivity index (χ0v) is 15.0. The molecule has 5 heteroatoms. The van der Waals surface area contributed by atoms with Crippen LogP contribution in [-0.2, 0) is 11.3 Å². The molecule has 1 aromatic carbocycles. The van der Waals surface area contributed by atoms with E-state index < -0.39 is 5.60 Å². The standard InChI is InChI=1S/C18H27ClN2O2/c1-18(2,3)23-17(22)21-16-9-7-15(8-10-16)20-12-13-5-4-6-14(19)11-13/h4-6,11,15-16,20H,7-10,12H2,1-3H3,(H,21,22). The van der Waals surface area contributed by atoms with E-state index in [1.54, 1.807) is 0 Å². The van der Waals surface area contributed by atoms with Crippen LogP contribution in [0.4, 0.5) is 4.79 Å². The number of hydrogen-bond donors (Lipinski definition) is 2. The van der Waals surface area contributed by atoms with Crippen molar-refractivity contribution in [2.45, 2.75) is 70.7 Å². The van der Waals surface area contributed by atoms with Crippen molar-refractivity contribution in [3.8, 4) is 0 Å². The summed E-state index contributed by atoms with van der Waals surface area (Å²) in [7, 11) is 0. The van der Waals surface area contributed by atoms with E-state index in [0.717, 1.165) is 37.3 Å². The van der Waals surface area contributed by atoms with Gasteiger partial charge >= 0.3 is 6.09 Å². The van der Waals surface area contributed by atoms with E-state index in [1.807, 2.05) is 39.0 Å². The van der Waals surface area contributed by atoms with E-state index in [1.165, 1.54) is 5.56 Å². The second-order valence-electron chi connectivity index (χ2n) is 7.21. The minimum atomic E-state index is -0.445. The van der Waals surface area contributed by atoms with Crippen molar-refractivity contribution < 1.29 is 9.53 Å². The maximum atomic E-state index is 11.8. The van der Waals surface area contributed by atoms with Gasteiger partial charge < -0.3 is 15.4 Å². The Morgan fingerprint density at radius 2 is 1.87 bits per heavy atom. The van der Waals surface area contributed by atoms with Crippen LogP contribution in [0.2, 0.25) is 5.02 Å². The molecule has 1 saturated carbocycles. The minimum Gasteiger partial charge on any atom is -0.444 e. The van der Waals surface area contributed by atoms with Crippen LogP contribution in [0.3, 0.4) is 0 Å². The third kappa shape index (κ3) is 6.80. The zero-order chi connectivity index (χ0) is 16.9. The number of hydrogen-bond acceptors (Lipinski definition) is 3. The smallest absolute Gasteiger partial charge is 0.407 e. The molecule has 1 aromatic rings. The normalized spacial score (nSPS) is 21.7. The molecule has 1 fully saturated rings. The van der Waals surface area contributed by atoms with Gasteiger partial charge in [-0.1, -0.05) is 23.7 Å². The molecule has 1 aliphatic carbocycles. The van der Waals surface area contributed by atoms with Crippen molar-refractivity contribution in [3.05, 3.63) is 34.9 Å². The Morgan fingerprint density at radius 1 is 1.22 bits per heavy atom. The van der Waals surface area contributed by atoms with Crippen LogP contribution in [0.15, 0.2) is 24.3 Å². The van der Waals surface area contributed by atoms with E-state index in [9.17, 15) is 4.79 Å². The molecule has 128 valence electrons. The second kappa shape index (κ2) is 8.02. The molecule has 0 radical (unpaired) electrons. The van der Waals surface area contributed by atoms with Crippen LogP contribution >= 0.6 is 11.6 Å². The van der Waals surface area contributed by atoms with E-state index in [-0.39, 0.29) is 12.1 Å². The highest BCUT2D eigenvalue weighted by atomic mass is 35.5. The molecule has 4 nitrogen and oxygen atoms in total. The topological polar surface area (TPSA) is 50.4 Å². The predicted molar refractivity (Wildman–Crippen MR) is 93.7 cm³/mol. The molecule has 0 bridgehead atoms. The Hall–Kier alpha value is -1.26. The third-order valence-corrected chi connectivity index (χ3v) is 4.17. The summed E-state index contributed by atoms with van der Waals surface area (Å²) >= 11 is 6.00. The lowest BCUT2D eigenvalue weighted by molar-refractivity contribution is 0.0490. The maximum Gasteiger partial charge on any atom is 0.407 e. The Labute approximate surface area is 143 Å². The first-order valence-electron chi connectivity index (χ1n) is 8.29. The first-order chi connectivity index (χ1) is 10.8. The van der Waals surface area contributed by atoms with Crippen molar-refractivity contribution in [1.82, 2.24) is 10.6 Å². The number of alkyl carbamates (subject to hydrolysis) is 1. The first-order valence-corrected chi connectivity index (χ1v) is 8.67. The highest BCUT2D eigenvalue weighted by Crippen LogP contribution is 2.20. The molecule has 1 aliphatic rings. The highest BCUT2D eigenvalue weighted by Gasteiger charge is 2.24. The number of benzene rings is 1. The summed E-state index contributed by atoms with van der Waals surface area (Å²) in [4.78, 5) is 11.8. The average Bonchev–Trinajstić information content (AvgIpc) is 2.44. The van der Waals surface area contributed by atoms with Gasteiger partial charge in [0, 0.05) is 23.7 Å². The number of amides is 1. The van der Waals surface area contributed by atoms with Crippen LogP contribution < -0.4 is 10.6 Å². The molecule has 0 aromatic heterocycles. The highest BCUT2D eigenvalue weighted by molar-refractivity contribution is 6.30. The molecule has 0 atom stereocenters. The molecule has 23 heavy (non-hydrogen) atoms. The average molecular weight is 339 g/mol. The number of rotatable bonds is 4. The Bertz CT molecular complexity index is 520. The third-order valence-electron chi connectivity index (χ3n) is 3.93. The van der Waals surface area contributed by atoms with Crippen LogP contribution in [0.1, 0.15) is 52.0 Å². The fraction of sp³-hybridized carbons (Fsp3) is 0.611. The monoisotopic (exact) mass is 338 g/mol. The summed E-state index contributed by atoms with van der Waals surface area (Å²) in [5.41, 5.74) is 0.756. The lowest BCUT2D eigenvalue weighted by Crippen LogP contribution is -2.43. The fourth-order valence-corrected chi connectivity index (χ4v) is 3.04. The van der Waals surface area contributed by atoms with Gasteiger partial charge in [-0.05, 0) is 64.2 Å². The number of halogens is 1. The predicted octanol–water partition coefficient (Wildman–Crippen LogP) is 4.27. The van der Waals surface area contributed by atoms with Gasteiger partial charge in [0.1, 0.15) is 5.60 Å². The summed E-state index contributed by atoms with van der Waals surface area (Å²) in [5, 5.41) is 7.32. The summed E-state index contributed by atoms with van der Waals surface area (Å²) in [5.74, 6) is 0. The van der Waals surface area contributed by atoms with E-state index in [4.69, 9.17) is 16.3 Å². The van der Waals surface area contributed by atoms with Gasteiger partial charge in [0.15, 0.2) is 0 Å². The summed E-state index contributed by atoms with van der Waals surface area (Å²) in [6.45, 7) is 6.46. The van der Waals surface area contributed by atoms with Gasteiger partial charge in [-0.3, -0.25) is 0 Å². The molecule has 0 aliphatic heterocycles. The van der Waals surface area contributed by atoms with Crippen LogP contribution in [0.25, 0.3) is 0 Å². The van der Waals surface area contributed by atoms with Crippen molar-refractivity contribution in [2.75, 3.05) is 0 Å². The van der Waals surface area contributed by atoms with Gasteiger partial charge in [0.2, 0.25) is 0 Å². The fourth-order valence-electron chi connectivity index (χ4n) is 2.83. The van der Waals surface area contributed by atoms with Gasteiger partial charge in [-0.15, -0.1) is 0 Å². The summed E-state index contributed by atoms with van der Waals surface area (Å²) in [6, 6.07) is 8.64. The first kappa shape index (κ1) is 18.1.